The first kappa shape index (κ1) is 16.0. The number of carbonyl (C=O) groups is 1. The average molecular weight is 316 g/mol. The molecule has 0 radical (unpaired) electrons. The highest BCUT2D eigenvalue weighted by atomic mass is 16.3. The summed E-state index contributed by atoms with van der Waals surface area (Å²) >= 11 is 0. The molecular weight excluding hydrogens is 292 g/mol. The molecule has 0 atom stereocenters. The molecule has 0 aromatic carbocycles. The molecule has 1 aromatic rings. The van der Waals surface area contributed by atoms with Crippen LogP contribution in [0, 0.1) is 6.92 Å². The normalized spacial score (nSPS) is 24.7. The van der Waals surface area contributed by atoms with E-state index in [4.69, 9.17) is 0 Å². The third-order valence-electron chi connectivity index (χ3n) is 4.95. The van der Waals surface area contributed by atoms with Crippen LogP contribution in [0.4, 0.5) is 0 Å². The monoisotopic (exact) mass is 316 g/mol. The van der Waals surface area contributed by atoms with Crippen molar-refractivity contribution in [2.24, 2.45) is 0 Å². The number of aryl methyl sites for hydroxylation is 1. The molecule has 3 rings (SSSR count). The van der Waals surface area contributed by atoms with Gasteiger partial charge in [0.1, 0.15) is 5.56 Å². The van der Waals surface area contributed by atoms with Crippen LogP contribution >= 0.6 is 0 Å². The Morgan fingerprint density at radius 1 is 1.22 bits per heavy atom. The third-order valence-corrected chi connectivity index (χ3v) is 4.95. The molecule has 5 heteroatoms. The number of hydrogen-bond donors (Lipinski definition) is 1. The van der Waals surface area contributed by atoms with Gasteiger partial charge in [-0.1, -0.05) is 12.2 Å². The van der Waals surface area contributed by atoms with Crippen LogP contribution in [0.3, 0.4) is 0 Å². The van der Waals surface area contributed by atoms with Crippen molar-refractivity contribution in [3.8, 4) is 0 Å². The van der Waals surface area contributed by atoms with Crippen molar-refractivity contribution in [2.45, 2.75) is 51.2 Å². The van der Waals surface area contributed by atoms with Crippen LogP contribution in [0.25, 0.3) is 0 Å². The molecule has 1 saturated carbocycles. The van der Waals surface area contributed by atoms with Gasteiger partial charge in [-0.05, 0) is 50.7 Å². The second-order valence-electron chi connectivity index (χ2n) is 6.56. The Bertz CT molecular complexity index is 669. The second-order valence-corrected chi connectivity index (χ2v) is 6.56. The molecule has 5 nitrogen and oxygen atoms in total. The van der Waals surface area contributed by atoms with E-state index in [0.717, 1.165) is 24.8 Å². The molecule has 1 aliphatic carbocycles. The Labute approximate surface area is 136 Å². The maximum absolute atomic E-state index is 12.9. The summed E-state index contributed by atoms with van der Waals surface area (Å²) in [4.78, 5) is 27.4. The van der Waals surface area contributed by atoms with E-state index in [1.165, 1.54) is 0 Å². The Morgan fingerprint density at radius 3 is 2.61 bits per heavy atom. The predicted octanol–water partition coefficient (Wildman–Crippen LogP) is 2.03. The van der Waals surface area contributed by atoms with Crippen molar-refractivity contribution in [1.82, 2.24) is 9.47 Å². The van der Waals surface area contributed by atoms with Crippen molar-refractivity contribution >= 4 is 5.91 Å². The van der Waals surface area contributed by atoms with E-state index in [1.807, 2.05) is 19.1 Å². The van der Waals surface area contributed by atoms with Crippen molar-refractivity contribution in [3.05, 3.63) is 45.9 Å². The van der Waals surface area contributed by atoms with Crippen LogP contribution in [0.1, 0.15) is 54.1 Å². The van der Waals surface area contributed by atoms with Gasteiger partial charge in [-0.15, -0.1) is 0 Å². The zero-order valence-electron chi connectivity index (χ0n) is 13.6. The van der Waals surface area contributed by atoms with E-state index in [1.54, 1.807) is 15.7 Å². The lowest BCUT2D eigenvalue weighted by Crippen LogP contribution is -2.40. The molecule has 2 aliphatic rings. The smallest absolute Gasteiger partial charge is 0.263 e. The topological polar surface area (TPSA) is 62.5 Å². The Hall–Kier alpha value is -1.88. The molecule has 1 N–H and O–H groups in total. The number of pyridine rings is 1. The molecule has 0 bridgehead atoms. The first-order valence-corrected chi connectivity index (χ1v) is 8.42. The standard InChI is InChI=1S/C18H24N2O3/c1-13-9-12-20(14-5-7-15(21)8-6-14)18(23)16(13)17(22)19-10-3-2-4-11-19/h2-3,9,12,14-15,21H,4-8,10-11H2,1H3. The van der Waals surface area contributed by atoms with E-state index < -0.39 is 0 Å². The maximum atomic E-state index is 12.9. The molecule has 0 spiro atoms. The molecule has 124 valence electrons. The zero-order valence-corrected chi connectivity index (χ0v) is 13.6. The van der Waals surface area contributed by atoms with Gasteiger partial charge in [0.15, 0.2) is 0 Å². The van der Waals surface area contributed by atoms with Crippen LogP contribution in [0.2, 0.25) is 0 Å². The van der Waals surface area contributed by atoms with E-state index in [9.17, 15) is 14.7 Å². The fraction of sp³-hybridized carbons (Fsp3) is 0.556. The van der Waals surface area contributed by atoms with Gasteiger partial charge < -0.3 is 14.6 Å². The van der Waals surface area contributed by atoms with Crippen molar-refractivity contribution < 1.29 is 9.90 Å². The SMILES string of the molecule is Cc1ccn(C2CCC(O)CC2)c(=O)c1C(=O)N1CC=CCC1. The minimum Gasteiger partial charge on any atom is -0.393 e. The fourth-order valence-electron chi connectivity index (χ4n) is 3.51. The van der Waals surface area contributed by atoms with E-state index in [2.05, 4.69) is 6.08 Å². The van der Waals surface area contributed by atoms with Gasteiger partial charge in [0.2, 0.25) is 0 Å². The molecule has 0 unspecified atom stereocenters. The molecule has 1 aromatic heterocycles. The minimum atomic E-state index is -0.256. The molecule has 1 amide bonds. The quantitative estimate of drug-likeness (QED) is 0.849. The van der Waals surface area contributed by atoms with Crippen molar-refractivity contribution in [2.75, 3.05) is 13.1 Å². The number of aliphatic hydroxyl groups is 1. The lowest BCUT2D eigenvalue weighted by molar-refractivity contribution is 0.0765. The maximum Gasteiger partial charge on any atom is 0.263 e. The van der Waals surface area contributed by atoms with Crippen LogP contribution < -0.4 is 5.56 Å². The molecule has 0 saturated heterocycles. The lowest BCUT2D eigenvalue weighted by Gasteiger charge is -2.28. The van der Waals surface area contributed by atoms with Gasteiger partial charge >= 0.3 is 0 Å². The number of aromatic nitrogens is 1. The third kappa shape index (κ3) is 3.24. The highest BCUT2D eigenvalue weighted by Gasteiger charge is 2.26. The Kier molecular flexibility index (Phi) is 4.66. The van der Waals surface area contributed by atoms with Gasteiger partial charge in [-0.2, -0.15) is 0 Å². The van der Waals surface area contributed by atoms with Crippen LogP contribution in [0.5, 0.6) is 0 Å². The summed E-state index contributed by atoms with van der Waals surface area (Å²) < 4.78 is 1.70. The first-order chi connectivity index (χ1) is 11.1. The molecule has 1 aliphatic heterocycles. The molecule has 23 heavy (non-hydrogen) atoms. The largest absolute Gasteiger partial charge is 0.393 e. The zero-order chi connectivity index (χ0) is 16.4. The summed E-state index contributed by atoms with van der Waals surface area (Å²) in [6, 6.07) is 1.94. The molecular formula is C18H24N2O3. The van der Waals surface area contributed by atoms with E-state index >= 15 is 0 Å². The number of hydrogen-bond acceptors (Lipinski definition) is 3. The molecule has 2 heterocycles. The van der Waals surface area contributed by atoms with Gasteiger partial charge in [-0.3, -0.25) is 9.59 Å². The number of rotatable bonds is 2. The highest BCUT2D eigenvalue weighted by Crippen LogP contribution is 2.27. The van der Waals surface area contributed by atoms with E-state index in [0.29, 0.717) is 31.5 Å². The van der Waals surface area contributed by atoms with Crippen LogP contribution in [-0.4, -0.2) is 39.7 Å². The summed E-state index contributed by atoms with van der Waals surface area (Å²) in [5.41, 5.74) is 0.849. The first-order valence-electron chi connectivity index (χ1n) is 8.42. The number of amides is 1. The van der Waals surface area contributed by atoms with Gasteiger partial charge in [0.25, 0.3) is 11.5 Å². The summed E-state index contributed by atoms with van der Waals surface area (Å²) in [6.45, 7) is 3.06. The molecule has 1 fully saturated rings. The van der Waals surface area contributed by atoms with Gasteiger partial charge in [-0.25, -0.2) is 0 Å². The summed E-state index contributed by atoms with van der Waals surface area (Å²) in [5, 5.41) is 9.65. The Morgan fingerprint density at radius 2 is 1.96 bits per heavy atom. The summed E-state index contributed by atoms with van der Waals surface area (Å²) in [7, 11) is 0. The van der Waals surface area contributed by atoms with Crippen molar-refractivity contribution in [3.63, 3.8) is 0 Å². The van der Waals surface area contributed by atoms with Crippen molar-refractivity contribution in [1.29, 1.82) is 0 Å². The minimum absolute atomic E-state index is 0.0827. The Balaban J connectivity index is 1.91. The summed E-state index contributed by atoms with van der Waals surface area (Å²) in [5.74, 6) is -0.165. The number of aliphatic hydroxyl groups excluding tert-OH is 1. The van der Waals surface area contributed by atoms with Crippen LogP contribution in [0.15, 0.2) is 29.2 Å². The second kappa shape index (κ2) is 6.71. The highest BCUT2D eigenvalue weighted by molar-refractivity contribution is 5.95. The van der Waals surface area contributed by atoms with Gasteiger partial charge in [0, 0.05) is 25.3 Å². The average Bonchev–Trinajstić information content (AvgIpc) is 2.57. The fourth-order valence-corrected chi connectivity index (χ4v) is 3.51. The number of nitrogens with zero attached hydrogens (tertiary/aromatic N) is 2. The van der Waals surface area contributed by atoms with E-state index in [-0.39, 0.29) is 23.6 Å². The predicted molar refractivity (Wildman–Crippen MR) is 88.6 cm³/mol. The summed E-state index contributed by atoms with van der Waals surface area (Å²) in [6.07, 6.45) is 9.41. The lowest BCUT2D eigenvalue weighted by atomic mass is 9.92. The van der Waals surface area contributed by atoms with Gasteiger partial charge in [0.05, 0.1) is 6.10 Å². The number of carbonyl (C=O) groups excluding carboxylic acids is 1. The van der Waals surface area contributed by atoms with Crippen LogP contribution in [-0.2, 0) is 0 Å².